The number of alkyl halides is 3. The molecule has 0 bridgehead atoms. The topological polar surface area (TPSA) is 74.5 Å². The van der Waals surface area contributed by atoms with Gasteiger partial charge in [0, 0.05) is 36.8 Å². The number of halogens is 4. The molecule has 0 spiro atoms. The summed E-state index contributed by atoms with van der Waals surface area (Å²) in [5, 5.41) is 11.2. The van der Waals surface area contributed by atoms with Crippen molar-refractivity contribution in [2.75, 3.05) is 48.7 Å². The quantitative estimate of drug-likeness (QED) is 0.421. The van der Waals surface area contributed by atoms with Gasteiger partial charge < -0.3 is 19.5 Å². The minimum atomic E-state index is -4.52. The van der Waals surface area contributed by atoms with Gasteiger partial charge in [-0.2, -0.15) is 13.2 Å². The number of thioether (sulfide) groups is 1. The van der Waals surface area contributed by atoms with Crippen LogP contribution in [0, 0.1) is 0 Å². The second-order valence-electron chi connectivity index (χ2n) is 7.87. The molecule has 1 aliphatic rings. The maximum Gasteiger partial charge on any atom is 0.416 e. The second kappa shape index (κ2) is 10.9. The summed E-state index contributed by atoms with van der Waals surface area (Å²) in [6.45, 7) is 5.89. The van der Waals surface area contributed by atoms with Crippen molar-refractivity contribution in [2.24, 2.45) is 0 Å². The number of carbonyl (C=O) groups excluding carboxylic acids is 1. The third-order valence-corrected chi connectivity index (χ3v) is 6.62. The maximum atomic E-state index is 13.3. The number of amides is 1. The number of benzene rings is 2. The standard InChI is InChI=1S/C23H23ClF3N5O2S/c1-2-31-8-10-32(11-9-31)19-7-6-16(23(25,26)27)13-18(19)28-20(33)14-35-22-30-29-21(34-22)15-4-3-5-17(24)12-15/h3-7,12-13H,2,8-11,14H2,1H3,(H,28,33). The van der Waals surface area contributed by atoms with E-state index in [1.165, 1.54) is 6.07 Å². The monoisotopic (exact) mass is 525 g/mol. The van der Waals surface area contributed by atoms with Crippen LogP contribution in [0.1, 0.15) is 12.5 Å². The van der Waals surface area contributed by atoms with Gasteiger partial charge in [-0.3, -0.25) is 4.79 Å². The Bertz CT molecular complexity index is 1180. The Labute approximate surface area is 209 Å². The predicted molar refractivity (Wildman–Crippen MR) is 130 cm³/mol. The van der Waals surface area contributed by atoms with Crippen LogP contribution in [0.25, 0.3) is 11.5 Å². The Morgan fingerprint density at radius 1 is 1.14 bits per heavy atom. The van der Waals surface area contributed by atoms with Crippen LogP contribution < -0.4 is 10.2 Å². The first-order valence-electron chi connectivity index (χ1n) is 10.9. The fourth-order valence-corrected chi connectivity index (χ4v) is 4.47. The molecule has 35 heavy (non-hydrogen) atoms. The summed E-state index contributed by atoms with van der Waals surface area (Å²) in [5.41, 5.74) is 0.506. The van der Waals surface area contributed by atoms with Gasteiger partial charge in [0.2, 0.25) is 11.8 Å². The third-order valence-electron chi connectivity index (χ3n) is 5.56. The Morgan fingerprint density at radius 2 is 1.91 bits per heavy atom. The lowest BCUT2D eigenvalue weighted by molar-refractivity contribution is -0.137. The SMILES string of the molecule is CCN1CCN(c2ccc(C(F)(F)F)cc2NC(=O)CSc2nnc(-c3cccc(Cl)c3)o2)CC1. The molecule has 2 aromatic carbocycles. The summed E-state index contributed by atoms with van der Waals surface area (Å²) in [6, 6.07) is 10.3. The largest absolute Gasteiger partial charge is 0.416 e. The predicted octanol–water partition coefficient (Wildman–Crippen LogP) is 5.28. The van der Waals surface area contributed by atoms with Crippen molar-refractivity contribution in [3.63, 3.8) is 0 Å². The van der Waals surface area contributed by atoms with Gasteiger partial charge in [0.1, 0.15) is 0 Å². The molecule has 1 saturated heterocycles. The molecule has 0 radical (unpaired) electrons. The summed E-state index contributed by atoms with van der Waals surface area (Å²) in [4.78, 5) is 16.9. The smallest absolute Gasteiger partial charge is 0.411 e. The van der Waals surface area contributed by atoms with Crippen molar-refractivity contribution in [3.05, 3.63) is 53.1 Å². The lowest BCUT2D eigenvalue weighted by Gasteiger charge is -2.36. The van der Waals surface area contributed by atoms with Crippen LogP contribution in [-0.2, 0) is 11.0 Å². The number of piperazine rings is 1. The number of nitrogens with zero attached hydrogens (tertiary/aromatic N) is 4. The maximum absolute atomic E-state index is 13.3. The van der Waals surface area contributed by atoms with Crippen molar-refractivity contribution >= 4 is 40.6 Å². The van der Waals surface area contributed by atoms with Crippen LogP contribution in [0.15, 0.2) is 52.1 Å². The van der Waals surface area contributed by atoms with Crippen molar-refractivity contribution < 1.29 is 22.4 Å². The molecule has 1 amide bonds. The second-order valence-corrected chi connectivity index (χ2v) is 9.23. The number of carbonyl (C=O) groups is 1. The Balaban J connectivity index is 1.45. The van der Waals surface area contributed by atoms with Gasteiger partial charge in [-0.15, -0.1) is 10.2 Å². The zero-order chi connectivity index (χ0) is 25.0. The molecule has 0 saturated carbocycles. The van der Waals surface area contributed by atoms with Gasteiger partial charge in [0.25, 0.3) is 5.22 Å². The summed E-state index contributed by atoms with van der Waals surface area (Å²) >= 11 is 6.97. The molecule has 3 aromatic rings. The van der Waals surface area contributed by atoms with Crippen LogP contribution in [-0.4, -0.2) is 59.5 Å². The van der Waals surface area contributed by atoms with E-state index >= 15 is 0 Å². The summed E-state index contributed by atoms with van der Waals surface area (Å²) < 4.78 is 45.6. The highest BCUT2D eigenvalue weighted by Crippen LogP contribution is 2.36. The number of hydrogen-bond donors (Lipinski definition) is 1. The number of likely N-dealkylation sites (N-methyl/N-ethyl adjacent to an activating group) is 1. The molecule has 1 fully saturated rings. The Hall–Kier alpha value is -2.76. The lowest BCUT2D eigenvalue weighted by atomic mass is 10.1. The minimum Gasteiger partial charge on any atom is -0.411 e. The first-order chi connectivity index (χ1) is 16.7. The van der Waals surface area contributed by atoms with Crippen molar-refractivity contribution in [1.82, 2.24) is 15.1 Å². The number of rotatable bonds is 7. The number of aromatic nitrogens is 2. The number of anilines is 2. The Morgan fingerprint density at radius 3 is 2.60 bits per heavy atom. The summed E-state index contributed by atoms with van der Waals surface area (Å²) in [7, 11) is 0. The van der Waals surface area contributed by atoms with Crippen LogP contribution in [0.2, 0.25) is 5.02 Å². The molecule has 0 unspecified atom stereocenters. The van der Waals surface area contributed by atoms with E-state index in [1.54, 1.807) is 24.3 Å². The van der Waals surface area contributed by atoms with Gasteiger partial charge in [-0.05, 0) is 42.9 Å². The highest BCUT2D eigenvalue weighted by molar-refractivity contribution is 7.99. The zero-order valence-electron chi connectivity index (χ0n) is 18.8. The molecular formula is C23H23ClF3N5O2S. The van der Waals surface area contributed by atoms with Gasteiger partial charge in [-0.25, -0.2) is 0 Å². The molecule has 7 nitrogen and oxygen atoms in total. The van der Waals surface area contributed by atoms with E-state index in [2.05, 4.69) is 27.3 Å². The summed E-state index contributed by atoms with van der Waals surface area (Å²) in [6.07, 6.45) is -4.52. The fraction of sp³-hybridized carbons (Fsp3) is 0.348. The fourth-order valence-electron chi connectivity index (χ4n) is 3.71. The van der Waals surface area contributed by atoms with Gasteiger partial charge in [-0.1, -0.05) is 36.4 Å². The summed E-state index contributed by atoms with van der Waals surface area (Å²) in [5.74, 6) is -0.344. The van der Waals surface area contributed by atoms with Gasteiger partial charge in [0.15, 0.2) is 0 Å². The van der Waals surface area contributed by atoms with Crippen molar-refractivity contribution in [2.45, 2.75) is 18.3 Å². The van der Waals surface area contributed by atoms with E-state index in [-0.39, 0.29) is 22.6 Å². The molecule has 1 N–H and O–H groups in total. The van der Waals surface area contributed by atoms with Crippen LogP contribution in [0.4, 0.5) is 24.5 Å². The molecule has 1 aliphatic heterocycles. The highest BCUT2D eigenvalue weighted by atomic mass is 35.5. The van der Waals surface area contributed by atoms with Crippen molar-refractivity contribution in [3.8, 4) is 11.5 Å². The van der Waals surface area contributed by atoms with E-state index in [0.29, 0.717) is 29.4 Å². The lowest BCUT2D eigenvalue weighted by Crippen LogP contribution is -2.46. The number of nitrogens with one attached hydrogen (secondary N) is 1. The van der Waals surface area contributed by atoms with Crippen LogP contribution >= 0.6 is 23.4 Å². The molecule has 12 heteroatoms. The molecule has 186 valence electrons. The van der Waals surface area contributed by atoms with E-state index in [1.807, 2.05) is 4.90 Å². The van der Waals surface area contributed by atoms with E-state index in [9.17, 15) is 18.0 Å². The van der Waals surface area contributed by atoms with Gasteiger partial charge in [0.05, 0.1) is 22.7 Å². The van der Waals surface area contributed by atoms with Gasteiger partial charge >= 0.3 is 6.18 Å². The average Bonchev–Trinajstić information content (AvgIpc) is 3.31. The third kappa shape index (κ3) is 6.47. The van der Waals surface area contributed by atoms with Crippen molar-refractivity contribution in [1.29, 1.82) is 0 Å². The molecular weight excluding hydrogens is 503 g/mol. The average molecular weight is 526 g/mol. The molecule has 0 atom stereocenters. The first kappa shape index (κ1) is 25.3. The highest BCUT2D eigenvalue weighted by Gasteiger charge is 2.32. The molecule has 1 aromatic heterocycles. The molecule has 0 aliphatic carbocycles. The van der Waals surface area contributed by atoms with E-state index in [0.717, 1.165) is 43.5 Å². The molecule has 4 rings (SSSR count). The van der Waals surface area contributed by atoms with Crippen LogP contribution in [0.3, 0.4) is 0 Å². The van der Waals surface area contributed by atoms with E-state index < -0.39 is 17.6 Å². The first-order valence-corrected chi connectivity index (χ1v) is 12.3. The normalized spacial score (nSPS) is 14.8. The van der Waals surface area contributed by atoms with E-state index in [4.69, 9.17) is 16.0 Å². The Kier molecular flexibility index (Phi) is 7.88. The van der Waals surface area contributed by atoms with Crippen LogP contribution in [0.5, 0.6) is 0 Å². The number of hydrogen-bond acceptors (Lipinski definition) is 7. The minimum absolute atomic E-state index is 0.115. The molecule has 2 heterocycles. The zero-order valence-corrected chi connectivity index (χ0v) is 20.4.